The molecule has 0 fully saturated rings. The van der Waals surface area contributed by atoms with Crippen molar-refractivity contribution in [3.8, 4) is 0 Å². The topological polar surface area (TPSA) is 46.2 Å². The lowest BCUT2D eigenvalue weighted by Gasteiger charge is -2.07. The first-order chi connectivity index (χ1) is 8.30. The largest absolute Gasteiger partial charge is 0.471 e. The van der Waals surface area contributed by atoms with Crippen LogP contribution < -0.4 is 5.32 Å². The third-order valence-electron chi connectivity index (χ3n) is 2.24. The van der Waals surface area contributed by atoms with E-state index in [0.717, 1.165) is 5.56 Å². The summed E-state index contributed by atoms with van der Waals surface area (Å²) in [6.07, 6.45) is -5.07. The first kappa shape index (κ1) is 14.2. The standard InChI is InChI=1S/C12H12F3NO2/c1-8-3-2-4-9(7-8)10(17)5-6-16-11(18)12(13,14)15/h2-4,7H,5-6H2,1H3,(H,16,18). The van der Waals surface area contributed by atoms with Crippen LogP contribution in [0.5, 0.6) is 0 Å². The lowest BCUT2D eigenvalue weighted by Crippen LogP contribution is -2.37. The summed E-state index contributed by atoms with van der Waals surface area (Å²) in [4.78, 5) is 22.1. The molecule has 0 saturated carbocycles. The van der Waals surface area contributed by atoms with Crippen LogP contribution in [-0.2, 0) is 4.79 Å². The molecular weight excluding hydrogens is 247 g/mol. The van der Waals surface area contributed by atoms with E-state index in [4.69, 9.17) is 0 Å². The van der Waals surface area contributed by atoms with Crippen LogP contribution in [-0.4, -0.2) is 24.4 Å². The molecule has 0 atom stereocenters. The highest BCUT2D eigenvalue weighted by atomic mass is 19.4. The van der Waals surface area contributed by atoms with Crippen LogP contribution in [0, 0.1) is 6.92 Å². The Bertz CT molecular complexity index is 455. The molecule has 0 aromatic heterocycles. The quantitative estimate of drug-likeness (QED) is 0.843. The minimum Gasteiger partial charge on any atom is -0.348 e. The van der Waals surface area contributed by atoms with E-state index < -0.39 is 12.1 Å². The molecule has 18 heavy (non-hydrogen) atoms. The molecule has 0 unspecified atom stereocenters. The normalized spacial score (nSPS) is 11.1. The average Bonchev–Trinajstić information content (AvgIpc) is 2.27. The fourth-order valence-electron chi connectivity index (χ4n) is 1.35. The summed E-state index contributed by atoms with van der Waals surface area (Å²) >= 11 is 0. The summed E-state index contributed by atoms with van der Waals surface area (Å²) in [5.41, 5.74) is 1.32. The summed E-state index contributed by atoms with van der Waals surface area (Å²) in [6, 6.07) is 6.73. The van der Waals surface area contributed by atoms with E-state index in [9.17, 15) is 22.8 Å². The molecule has 1 aromatic rings. The molecule has 1 aromatic carbocycles. The number of carbonyl (C=O) groups excluding carboxylic acids is 2. The number of carbonyl (C=O) groups is 2. The lowest BCUT2D eigenvalue weighted by molar-refractivity contribution is -0.173. The number of ketones is 1. The Morgan fingerprint density at radius 3 is 2.50 bits per heavy atom. The maximum Gasteiger partial charge on any atom is 0.471 e. The number of halogens is 3. The van der Waals surface area contributed by atoms with Crippen molar-refractivity contribution in [2.75, 3.05) is 6.54 Å². The van der Waals surface area contributed by atoms with Crippen molar-refractivity contribution in [3.63, 3.8) is 0 Å². The molecule has 1 amide bonds. The van der Waals surface area contributed by atoms with Crippen molar-refractivity contribution in [3.05, 3.63) is 35.4 Å². The molecule has 0 aliphatic heterocycles. The number of rotatable bonds is 4. The van der Waals surface area contributed by atoms with E-state index in [0.29, 0.717) is 5.56 Å². The average molecular weight is 259 g/mol. The van der Waals surface area contributed by atoms with Gasteiger partial charge in [0, 0.05) is 18.5 Å². The van der Waals surface area contributed by atoms with Gasteiger partial charge in [0.2, 0.25) is 0 Å². The molecule has 1 N–H and O–H groups in total. The third-order valence-corrected chi connectivity index (χ3v) is 2.24. The predicted molar refractivity (Wildman–Crippen MR) is 59.2 cm³/mol. The number of hydrogen-bond donors (Lipinski definition) is 1. The minimum absolute atomic E-state index is 0.161. The van der Waals surface area contributed by atoms with Crippen molar-refractivity contribution < 1.29 is 22.8 Å². The second-order valence-electron chi connectivity index (χ2n) is 3.80. The monoisotopic (exact) mass is 259 g/mol. The molecule has 3 nitrogen and oxygen atoms in total. The van der Waals surface area contributed by atoms with E-state index in [1.165, 1.54) is 0 Å². The first-order valence-electron chi connectivity index (χ1n) is 5.25. The second-order valence-corrected chi connectivity index (χ2v) is 3.80. The Labute approximate surface area is 102 Å². The van der Waals surface area contributed by atoms with E-state index in [1.807, 2.05) is 13.0 Å². The van der Waals surface area contributed by atoms with Gasteiger partial charge in [-0.3, -0.25) is 9.59 Å². The molecule has 6 heteroatoms. The SMILES string of the molecule is Cc1cccc(C(=O)CCNC(=O)C(F)(F)F)c1. The van der Waals surface area contributed by atoms with Crippen LogP contribution in [0.15, 0.2) is 24.3 Å². The number of benzene rings is 1. The van der Waals surface area contributed by atoms with Crippen molar-refractivity contribution in [2.24, 2.45) is 0 Å². The molecule has 0 saturated heterocycles. The summed E-state index contributed by atoms with van der Waals surface area (Å²) in [5.74, 6) is -2.33. The number of alkyl halides is 3. The van der Waals surface area contributed by atoms with Crippen LogP contribution >= 0.6 is 0 Å². The highest BCUT2D eigenvalue weighted by Crippen LogP contribution is 2.14. The summed E-state index contributed by atoms with van der Waals surface area (Å²) < 4.78 is 35.6. The fourth-order valence-corrected chi connectivity index (χ4v) is 1.35. The maximum absolute atomic E-state index is 11.9. The van der Waals surface area contributed by atoms with Crippen molar-refractivity contribution in [1.29, 1.82) is 0 Å². The maximum atomic E-state index is 11.9. The third kappa shape index (κ3) is 4.20. The smallest absolute Gasteiger partial charge is 0.348 e. The van der Waals surface area contributed by atoms with Crippen LogP contribution in [0.4, 0.5) is 13.2 Å². The van der Waals surface area contributed by atoms with Crippen molar-refractivity contribution >= 4 is 11.7 Å². The van der Waals surface area contributed by atoms with Gasteiger partial charge in [-0.2, -0.15) is 13.2 Å². The van der Waals surface area contributed by atoms with E-state index in [-0.39, 0.29) is 18.7 Å². The first-order valence-corrected chi connectivity index (χ1v) is 5.25. The Morgan fingerprint density at radius 1 is 1.28 bits per heavy atom. The van der Waals surface area contributed by atoms with Gasteiger partial charge < -0.3 is 5.32 Å². The summed E-state index contributed by atoms with van der Waals surface area (Å²) in [6.45, 7) is 1.48. The Morgan fingerprint density at radius 2 is 1.94 bits per heavy atom. The lowest BCUT2D eigenvalue weighted by atomic mass is 10.1. The van der Waals surface area contributed by atoms with Gasteiger partial charge in [-0.05, 0) is 13.0 Å². The number of amides is 1. The molecule has 0 heterocycles. The molecule has 0 bridgehead atoms. The predicted octanol–water partition coefficient (Wildman–Crippen LogP) is 2.25. The minimum atomic E-state index is -4.91. The Hall–Kier alpha value is -1.85. The number of nitrogens with one attached hydrogen (secondary N) is 1. The zero-order valence-electron chi connectivity index (χ0n) is 9.67. The summed E-state index contributed by atoms with van der Waals surface area (Å²) in [7, 11) is 0. The highest BCUT2D eigenvalue weighted by molar-refractivity contribution is 5.96. The number of aryl methyl sites for hydroxylation is 1. The van der Waals surface area contributed by atoms with Gasteiger partial charge in [0.05, 0.1) is 0 Å². The number of Topliss-reactive ketones (excluding diaryl/α,β-unsaturated/α-hetero) is 1. The van der Waals surface area contributed by atoms with Gasteiger partial charge in [0.1, 0.15) is 0 Å². The Balaban J connectivity index is 2.46. The van der Waals surface area contributed by atoms with Crippen LogP contribution in [0.2, 0.25) is 0 Å². The van der Waals surface area contributed by atoms with Gasteiger partial charge in [-0.15, -0.1) is 0 Å². The van der Waals surface area contributed by atoms with Crippen LogP contribution in [0.25, 0.3) is 0 Å². The van der Waals surface area contributed by atoms with Crippen LogP contribution in [0.1, 0.15) is 22.3 Å². The fraction of sp³-hybridized carbons (Fsp3) is 0.333. The molecule has 0 radical (unpaired) electrons. The number of hydrogen-bond acceptors (Lipinski definition) is 2. The summed E-state index contributed by atoms with van der Waals surface area (Å²) in [5, 5.41) is 1.65. The van der Waals surface area contributed by atoms with Gasteiger partial charge in [-0.1, -0.05) is 23.8 Å². The van der Waals surface area contributed by atoms with Gasteiger partial charge in [0.25, 0.3) is 0 Å². The zero-order valence-corrected chi connectivity index (χ0v) is 9.67. The zero-order chi connectivity index (χ0) is 13.8. The van der Waals surface area contributed by atoms with E-state index >= 15 is 0 Å². The molecule has 98 valence electrons. The Kier molecular flexibility index (Phi) is 4.47. The van der Waals surface area contributed by atoms with Gasteiger partial charge >= 0.3 is 12.1 Å². The molecule has 1 rings (SSSR count). The van der Waals surface area contributed by atoms with Gasteiger partial charge in [-0.25, -0.2) is 0 Å². The molecular formula is C12H12F3NO2. The van der Waals surface area contributed by atoms with Crippen LogP contribution in [0.3, 0.4) is 0 Å². The molecule has 0 aliphatic carbocycles. The molecule has 0 spiro atoms. The van der Waals surface area contributed by atoms with Crippen molar-refractivity contribution in [1.82, 2.24) is 5.32 Å². The highest BCUT2D eigenvalue weighted by Gasteiger charge is 2.38. The van der Waals surface area contributed by atoms with E-state index in [1.54, 1.807) is 23.5 Å². The second kappa shape index (κ2) is 5.66. The molecule has 0 aliphatic rings. The van der Waals surface area contributed by atoms with Gasteiger partial charge in [0.15, 0.2) is 5.78 Å². The van der Waals surface area contributed by atoms with E-state index in [2.05, 4.69) is 0 Å². The van der Waals surface area contributed by atoms with Crippen molar-refractivity contribution in [2.45, 2.75) is 19.5 Å².